The number of aliphatic hydroxyl groups is 1. The van der Waals surface area contributed by atoms with Gasteiger partial charge in [-0.2, -0.15) is 0 Å². The van der Waals surface area contributed by atoms with Gasteiger partial charge in [0.2, 0.25) is 0 Å². The number of rotatable bonds is 4. The van der Waals surface area contributed by atoms with E-state index >= 15 is 0 Å². The van der Waals surface area contributed by atoms with Crippen molar-refractivity contribution in [3.05, 3.63) is 0 Å². The van der Waals surface area contributed by atoms with Gasteiger partial charge in [-0.15, -0.1) is 0 Å². The highest BCUT2D eigenvalue weighted by atomic mass is 16.4. The molecule has 2 fully saturated rings. The highest BCUT2D eigenvalue weighted by Gasteiger charge is 2.39. The van der Waals surface area contributed by atoms with Crippen molar-refractivity contribution in [3.63, 3.8) is 0 Å². The summed E-state index contributed by atoms with van der Waals surface area (Å²) in [7, 11) is 0. The largest absolute Gasteiger partial charge is 0.480 e. The van der Waals surface area contributed by atoms with Crippen LogP contribution in [0.2, 0.25) is 0 Å². The second kappa shape index (κ2) is 6.41. The number of nitrogens with one attached hydrogen (secondary N) is 1. The number of carboxylic acids is 1. The summed E-state index contributed by atoms with van der Waals surface area (Å²) < 4.78 is 0. The van der Waals surface area contributed by atoms with Gasteiger partial charge in [-0.25, -0.2) is 9.59 Å². The molecule has 2 rings (SSSR count). The Labute approximate surface area is 118 Å². The first-order valence-electron chi connectivity index (χ1n) is 7.19. The molecule has 2 heterocycles. The molecule has 0 spiro atoms. The summed E-state index contributed by atoms with van der Waals surface area (Å²) in [6, 6.07) is -1.30. The van der Waals surface area contributed by atoms with Gasteiger partial charge in [0.05, 0.1) is 6.10 Å². The number of likely N-dealkylation sites (tertiary alicyclic amines) is 2. The number of hydrogen-bond donors (Lipinski definition) is 3. The summed E-state index contributed by atoms with van der Waals surface area (Å²) in [5.74, 6) is -0.635. The summed E-state index contributed by atoms with van der Waals surface area (Å²) in [4.78, 5) is 26.7. The van der Waals surface area contributed by atoms with Crippen molar-refractivity contribution in [2.24, 2.45) is 5.92 Å². The number of β-amino-alcohol motifs (C(OH)–C–C–N with tert-alkyl or cyclic N) is 1. The molecule has 7 heteroatoms. The number of urea groups is 1. The minimum Gasteiger partial charge on any atom is -0.480 e. The van der Waals surface area contributed by atoms with Crippen LogP contribution in [0.15, 0.2) is 0 Å². The van der Waals surface area contributed by atoms with Crippen molar-refractivity contribution >= 4 is 12.0 Å². The monoisotopic (exact) mass is 285 g/mol. The first-order valence-corrected chi connectivity index (χ1v) is 7.19. The minimum atomic E-state index is -1.06. The third kappa shape index (κ3) is 3.40. The van der Waals surface area contributed by atoms with Gasteiger partial charge < -0.3 is 25.3 Å². The Balaban J connectivity index is 1.81. The molecular weight excluding hydrogens is 262 g/mol. The van der Waals surface area contributed by atoms with Gasteiger partial charge in [-0.1, -0.05) is 6.92 Å². The number of nitrogens with zero attached hydrogens (tertiary/aromatic N) is 2. The van der Waals surface area contributed by atoms with Gasteiger partial charge in [0.15, 0.2) is 0 Å². The topological polar surface area (TPSA) is 93.1 Å². The predicted octanol–water partition coefficient (Wildman–Crippen LogP) is -0.442. The van der Waals surface area contributed by atoms with Crippen molar-refractivity contribution in [2.75, 3.05) is 32.7 Å². The summed E-state index contributed by atoms with van der Waals surface area (Å²) in [5.41, 5.74) is 0. The van der Waals surface area contributed by atoms with Crippen molar-refractivity contribution in [1.29, 1.82) is 0 Å². The maximum absolute atomic E-state index is 12.0. The fraction of sp³-hybridized carbons (Fsp3) is 0.846. The van der Waals surface area contributed by atoms with Crippen LogP contribution in [0, 0.1) is 5.92 Å². The number of carbonyl (C=O) groups excluding carboxylic acids is 1. The first kappa shape index (κ1) is 15.1. The van der Waals surface area contributed by atoms with Crippen LogP contribution in [0.4, 0.5) is 4.79 Å². The maximum atomic E-state index is 12.0. The molecule has 20 heavy (non-hydrogen) atoms. The summed E-state index contributed by atoms with van der Waals surface area (Å²) in [6.07, 6.45) is 0.415. The molecule has 0 bridgehead atoms. The second-order valence-corrected chi connectivity index (χ2v) is 5.63. The molecule has 2 saturated heterocycles. The molecule has 1 unspecified atom stereocenters. The number of carboxylic acid groups (broad SMARTS) is 1. The van der Waals surface area contributed by atoms with Crippen molar-refractivity contribution < 1.29 is 19.8 Å². The molecule has 0 aliphatic carbocycles. The van der Waals surface area contributed by atoms with Gasteiger partial charge in [0.1, 0.15) is 6.04 Å². The lowest BCUT2D eigenvalue weighted by molar-refractivity contribution is -0.141. The molecular formula is C13H23N3O4. The van der Waals surface area contributed by atoms with E-state index in [9.17, 15) is 14.7 Å². The normalized spacial score (nSPS) is 30.7. The Morgan fingerprint density at radius 3 is 2.70 bits per heavy atom. The predicted molar refractivity (Wildman–Crippen MR) is 72.4 cm³/mol. The number of aliphatic carboxylic acids is 1. The van der Waals surface area contributed by atoms with Crippen LogP contribution in [0.25, 0.3) is 0 Å². The minimum absolute atomic E-state index is 0.0918. The summed E-state index contributed by atoms with van der Waals surface area (Å²) >= 11 is 0. The van der Waals surface area contributed by atoms with Crippen LogP contribution < -0.4 is 5.32 Å². The molecule has 0 aromatic carbocycles. The Bertz CT molecular complexity index is 377. The Morgan fingerprint density at radius 1 is 1.35 bits per heavy atom. The van der Waals surface area contributed by atoms with Gasteiger partial charge in [-0.05, 0) is 25.4 Å². The van der Waals surface area contributed by atoms with E-state index in [1.807, 2.05) is 0 Å². The zero-order valence-corrected chi connectivity index (χ0v) is 11.8. The van der Waals surface area contributed by atoms with E-state index in [0.29, 0.717) is 12.5 Å². The van der Waals surface area contributed by atoms with Crippen LogP contribution in [-0.4, -0.2) is 76.9 Å². The zero-order chi connectivity index (χ0) is 14.7. The lowest BCUT2D eigenvalue weighted by Gasteiger charge is -2.22. The summed E-state index contributed by atoms with van der Waals surface area (Å²) in [5, 5.41) is 21.4. The quantitative estimate of drug-likeness (QED) is 0.651. The molecule has 0 aromatic heterocycles. The van der Waals surface area contributed by atoms with Crippen LogP contribution in [0.3, 0.4) is 0 Å². The average molecular weight is 285 g/mol. The molecule has 114 valence electrons. The molecule has 0 radical (unpaired) electrons. The molecule has 3 atom stereocenters. The fourth-order valence-corrected chi connectivity index (χ4v) is 2.97. The Kier molecular flexibility index (Phi) is 4.82. The van der Waals surface area contributed by atoms with E-state index in [1.54, 1.807) is 0 Å². The molecule has 2 aliphatic heterocycles. The van der Waals surface area contributed by atoms with Gasteiger partial charge in [0, 0.05) is 26.1 Å². The maximum Gasteiger partial charge on any atom is 0.326 e. The van der Waals surface area contributed by atoms with E-state index in [-0.39, 0.29) is 19.0 Å². The number of amides is 2. The average Bonchev–Trinajstić information content (AvgIpc) is 3.02. The smallest absolute Gasteiger partial charge is 0.326 e. The molecule has 7 nitrogen and oxygen atoms in total. The van der Waals surface area contributed by atoms with Crippen LogP contribution in [0.1, 0.15) is 19.8 Å². The third-order valence-corrected chi connectivity index (χ3v) is 4.18. The third-order valence-electron chi connectivity index (χ3n) is 4.18. The SMILES string of the molecule is CCN1CCC(CNC(=O)N2C[C@H](O)C[C@H]2C(=O)O)C1. The molecule has 3 N–H and O–H groups in total. The standard InChI is InChI=1S/C13H23N3O4/c1-2-15-4-3-9(7-15)6-14-13(20)16-8-10(17)5-11(16)12(18)19/h9-11,17H,2-8H2,1H3,(H,14,20)(H,18,19)/t9?,10-,11+/m1/s1. The zero-order valence-electron chi connectivity index (χ0n) is 11.8. The summed E-state index contributed by atoms with van der Waals surface area (Å²) in [6.45, 7) is 5.82. The van der Waals surface area contributed by atoms with E-state index < -0.39 is 18.1 Å². The van der Waals surface area contributed by atoms with E-state index in [0.717, 1.165) is 26.1 Å². The van der Waals surface area contributed by atoms with Gasteiger partial charge in [0.25, 0.3) is 0 Å². The molecule has 0 saturated carbocycles. The lowest BCUT2D eigenvalue weighted by Crippen LogP contribution is -2.47. The van der Waals surface area contributed by atoms with E-state index in [2.05, 4.69) is 17.1 Å². The highest BCUT2D eigenvalue weighted by molar-refractivity contribution is 5.83. The van der Waals surface area contributed by atoms with E-state index in [4.69, 9.17) is 5.11 Å². The van der Waals surface area contributed by atoms with E-state index in [1.165, 1.54) is 4.90 Å². The van der Waals surface area contributed by atoms with Gasteiger partial charge >= 0.3 is 12.0 Å². The molecule has 2 aliphatic rings. The Morgan fingerprint density at radius 2 is 2.10 bits per heavy atom. The Hall–Kier alpha value is -1.34. The number of aliphatic hydroxyl groups excluding tert-OH is 1. The second-order valence-electron chi connectivity index (χ2n) is 5.63. The first-order chi connectivity index (χ1) is 9.51. The van der Waals surface area contributed by atoms with Crippen LogP contribution in [-0.2, 0) is 4.79 Å². The lowest BCUT2D eigenvalue weighted by atomic mass is 10.1. The molecule has 2 amide bonds. The molecule has 0 aromatic rings. The van der Waals surface area contributed by atoms with Crippen LogP contribution >= 0.6 is 0 Å². The van der Waals surface area contributed by atoms with Crippen molar-refractivity contribution in [1.82, 2.24) is 15.1 Å². The van der Waals surface area contributed by atoms with Gasteiger partial charge in [-0.3, -0.25) is 0 Å². The van der Waals surface area contributed by atoms with Crippen LogP contribution in [0.5, 0.6) is 0 Å². The fourth-order valence-electron chi connectivity index (χ4n) is 2.97. The number of hydrogen-bond acceptors (Lipinski definition) is 4. The van der Waals surface area contributed by atoms with Crippen molar-refractivity contribution in [3.8, 4) is 0 Å². The van der Waals surface area contributed by atoms with Crippen molar-refractivity contribution in [2.45, 2.75) is 31.9 Å². The highest BCUT2D eigenvalue weighted by Crippen LogP contribution is 2.19. The number of carbonyl (C=O) groups is 2.